The zero-order valence-electron chi connectivity index (χ0n) is 15.6. The Morgan fingerprint density at radius 2 is 1.84 bits per heavy atom. The number of hydrogen-bond acceptors (Lipinski definition) is 3. The highest BCUT2D eigenvalue weighted by molar-refractivity contribution is 7.99. The quantitative estimate of drug-likeness (QED) is 0.606. The predicted octanol–water partition coefficient (Wildman–Crippen LogP) is 5.53. The Kier molecular flexibility index (Phi) is 5.28. The smallest absolute Gasteiger partial charge is 0.103 e. The van der Waals surface area contributed by atoms with Crippen molar-refractivity contribution in [2.75, 3.05) is 0 Å². The van der Waals surface area contributed by atoms with Crippen LogP contribution < -0.4 is 0 Å². The number of nitrogens with zero attached hydrogens (tertiary/aromatic N) is 3. The van der Waals surface area contributed by atoms with Gasteiger partial charge in [-0.3, -0.25) is 9.67 Å². The van der Waals surface area contributed by atoms with E-state index in [-0.39, 0.29) is 0 Å². The minimum atomic E-state index is 0.323. The lowest BCUT2D eigenvalue weighted by atomic mass is 10.1. The first kappa shape index (κ1) is 17.7. The molecule has 3 aromatic rings. The van der Waals surface area contributed by atoms with Crippen LogP contribution >= 0.6 is 11.8 Å². The number of aryl methyl sites for hydroxylation is 2. The highest BCUT2D eigenvalue weighted by Crippen LogP contribution is 2.37. The number of pyridine rings is 1. The van der Waals surface area contributed by atoms with Crippen molar-refractivity contribution >= 4 is 11.8 Å². The van der Waals surface area contributed by atoms with E-state index in [1.54, 1.807) is 0 Å². The van der Waals surface area contributed by atoms with Crippen molar-refractivity contribution in [2.45, 2.75) is 57.0 Å². The second-order valence-corrected chi connectivity index (χ2v) is 7.74. The number of benzene rings is 1. The topological polar surface area (TPSA) is 30.7 Å². The van der Waals surface area contributed by atoms with Gasteiger partial charge < -0.3 is 0 Å². The minimum absolute atomic E-state index is 0.323. The molecule has 4 heteroatoms. The fourth-order valence-corrected chi connectivity index (χ4v) is 4.20. The fraction of sp³-hybridized carbons (Fsp3) is 0.333. The Morgan fingerprint density at radius 1 is 1.04 bits per heavy atom. The van der Waals surface area contributed by atoms with Crippen molar-refractivity contribution < 1.29 is 0 Å². The summed E-state index contributed by atoms with van der Waals surface area (Å²) in [6, 6.07) is 12.9. The van der Waals surface area contributed by atoms with Crippen molar-refractivity contribution in [1.82, 2.24) is 14.8 Å². The van der Waals surface area contributed by atoms with Crippen molar-refractivity contribution in [3.63, 3.8) is 0 Å². The standard InChI is InChI=1S/C21H25N3S/c1-14(2)24-21(25-20-11-8-9-15(3)16(20)4)19(17(5)23-24)13-18-10-6-7-12-22-18/h6-12,14H,13H2,1-5H3. The molecule has 0 unspecified atom stereocenters. The van der Waals surface area contributed by atoms with Gasteiger partial charge in [0, 0.05) is 34.8 Å². The normalized spacial score (nSPS) is 11.3. The van der Waals surface area contributed by atoms with E-state index >= 15 is 0 Å². The largest absolute Gasteiger partial charge is 0.261 e. The highest BCUT2D eigenvalue weighted by Gasteiger charge is 2.19. The van der Waals surface area contributed by atoms with Gasteiger partial charge >= 0.3 is 0 Å². The molecule has 0 bridgehead atoms. The average molecular weight is 352 g/mol. The van der Waals surface area contributed by atoms with Crippen LogP contribution in [0.1, 0.15) is 48.0 Å². The molecule has 0 radical (unpaired) electrons. The van der Waals surface area contributed by atoms with Crippen molar-refractivity contribution in [2.24, 2.45) is 0 Å². The second-order valence-electron chi connectivity index (χ2n) is 6.71. The van der Waals surface area contributed by atoms with Crippen molar-refractivity contribution in [3.8, 4) is 0 Å². The molecule has 0 spiro atoms. The van der Waals surface area contributed by atoms with Crippen LogP contribution in [0.5, 0.6) is 0 Å². The van der Waals surface area contributed by atoms with E-state index in [4.69, 9.17) is 5.10 Å². The minimum Gasteiger partial charge on any atom is -0.261 e. The van der Waals surface area contributed by atoms with E-state index in [2.05, 4.69) is 68.5 Å². The molecule has 0 saturated heterocycles. The molecule has 0 atom stereocenters. The van der Waals surface area contributed by atoms with Crippen LogP contribution in [0.3, 0.4) is 0 Å². The van der Waals surface area contributed by atoms with Gasteiger partial charge in [0.1, 0.15) is 5.03 Å². The Morgan fingerprint density at radius 3 is 2.52 bits per heavy atom. The summed E-state index contributed by atoms with van der Waals surface area (Å²) in [6.45, 7) is 10.8. The SMILES string of the molecule is Cc1cccc(Sc2c(Cc3ccccn3)c(C)nn2C(C)C)c1C. The highest BCUT2D eigenvalue weighted by atomic mass is 32.2. The van der Waals surface area contributed by atoms with Gasteiger partial charge in [-0.25, -0.2) is 0 Å². The lowest BCUT2D eigenvalue weighted by Crippen LogP contribution is -2.05. The van der Waals surface area contributed by atoms with Gasteiger partial charge in [0.15, 0.2) is 0 Å². The van der Waals surface area contributed by atoms with E-state index in [1.165, 1.54) is 26.6 Å². The van der Waals surface area contributed by atoms with Gasteiger partial charge in [0.2, 0.25) is 0 Å². The molecule has 0 saturated carbocycles. The average Bonchev–Trinajstić information content (AvgIpc) is 2.89. The molecule has 0 N–H and O–H groups in total. The third-order valence-corrected chi connectivity index (χ3v) is 5.78. The molecule has 0 aliphatic carbocycles. The summed E-state index contributed by atoms with van der Waals surface area (Å²) >= 11 is 1.82. The Balaban J connectivity index is 2.05. The first-order valence-corrected chi connectivity index (χ1v) is 9.51. The summed E-state index contributed by atoms with van der Waals surface area (Å²) in [5.74, 6) is 0. The van der Waals surface area contributed by atoms with Crippen LogP contribution in [0, 0.1) is 20.8 Å². The first-order valence-electron chi connectivity index (χ1n) is 8.69. The van der Waals surface area contributed by atoms with Gasteiger partial charge in [0.25, 0.3) is 0 Å². The Hall–Kier alpha value is -2.07. The number of hydrogen-bond donors (Lipinski definition) is 0. The predicted molar refractivity (Wildman–Crippen MR) is 104 cm³/mol. The van der Waals surface area contributed by atoms with Crippen LogP contribution in [-0.4, -0.2) is 14.8 Å². The zero-order chi connectivity index (χ0) is 18.0. The third kappa shape index (κ3) is 3.79. The summed E-state index contributed by atoms with van der Waals surface area (Å²) in [4.78, 5) is 5.80. The summed E-state index contributed by atoms with van der Waals surface area (Å²) in [5, 5.41) is 6.05. The Labute approximate surface area is 154 Å². The van der Waals surface area contributed by atoms with Gasteiger partial charge in [-0.15, -0.1) is 0 Å². The molecule has 2 heterocycles. The number of aromatic nitrogens is 3. The van der Waals surface area contributed by atoms with Crippen LogP contribution in [0.15, 0.2) is 52.5 Å². The summed E-state index contributed by atoms with van der Waals surface area (Å²) in [7, 11) is 0. The van der Waals surface area contributed by atoms with Gasteiger partial charge in [-0.05, 0) is 63.9 Å². The molecule has 0 aliphatic heterocycles. The first-order chi connectivity index (χ1) is 12.0. The van der Waals surface area contributed by atoms with Crippen LogP contribution in [-0.2, 0) is 6.42 Å². The van der Waals surface area contributed by atoms with Gasteiger partial charge in [0.05, 0.1) is 5.69 Å². The number of rotatable bonds is 5. The molecule has 130 valence electrons. The van der Waals surface area contributed by atoms with Gasteiger partial charge in [-0.1, -0.05) is 30.0 Å². The molecular weight excluding hydrogens is 326 g/mol. The summed E-state index contributed by atoms with van der Waals surface area (Å²) < 4.78 is 2.15. The maximum absolute atomic E-state index is 4.82. The summed E-state index contributed by atoms with van der Waals surface area (Å²) in [6.07, 6.45) is 2.67. The molecular formula is C21H25N3S. The molecule has 3 rings (SSSR count). The summed E-state index contributed by atoms with van der Waals surface area (Å²) in [5.41, 5.74) is 6.11. The molecule has 25 heavy (non-hydrogen) atoms. The molecule has 2 aromatic heterocycles. The van der Waals surface area contributed by atoms with Crippen LogP contribution in [0.2, 0.25) is 0 Å². The fourth-order valence-electron chi connectivity index (χ4n) is 2.84. The monoisotopic (exact) mass is 351 g/mol. The lowest BCUT2D eigenvalue weighted by Gasteiger charge is -2.14. The van der Waals surface area contributed by atoms with Crippen molar-refractivity contribution in [1.29, 1.82) is 0 Å². The molecule has 0 aliphatic rings. The molecule has 0 amide bonds. The van der Waals surface area contributed by atoms with E-state index in [0.717, 1.165) is 17.8 Å². The second kappa shape index (κ2) is 7.44. The van der Waals surface area contributed by atoms with E-state index in [9.17, 15) is 0 Å². The van der Waals surface area contributed by atoms with Crippen molar-refractivity contribution in [3.05, 3.63) is 70.7 Å². The molecule has 1 aromatic carbocycles. The molecule has 3 nitrogen and oxygen atoms in total. The van der Waals surface area contributed by atoms with Crippen LogP contribution in [0.25, 0.3) is 0 Å². The van der Waals surface area contributed by atoms with E-state index in [0.29, 0.717) is 6.04 Å². The van der Waals surface area contributed by atoms with E-state index in [1.807, 2.05) is 30.1 Å². The lowest BCUT2D eigenvalue weighted by molar-refractivity contribution is 0.489. The van der Waals surface area contributed by atoms with E-state index < -0.39 is 0 Å². The molecule has 0 fully saturated rings. The maximum Gasteiger partial charge on any atom is 0.103 e. The third-order valence-electron chi connectivity index (χ3n) is 4.50. The van der Waals surface area contributed by atoms with Crippen LogP contribution in [0.4, 0.5) is 0 Å². The van der Waals surface area contributed by atoms with Gasteiger partial charge in [-0.2, -0.15) is 5.10 Å². The zero-order valence-corrected chi connectivity index (χ0v) is 16.4. The maximum atomic E-state index is 4.82. The Bertz CT molecular complexity index is 866.